The minimum absolute atomic E-state index is 0.000391. The molecule has 1 saturated heterocycles. The van der Waals surface area contributed by atoms with Crippen molar-refractivity contribution in [2.75, 3.05) is 18.9 Å². The second-order valence-corrected chi connectivity index (χ2v) is 12.1. The van der Waals surface area contributed by atoms with E-state index in [2.05, 4.69) is 20.6 Å². The van der Waals surface area contributed by atoms with Gasteiger partial charge in [-0.1, -0.05) is 49.3 Å². The summed E-state index contributed by atoms with van der Waals surface area (Å²) in [5.41, 5.74) is 0.912. The fraction of sp³-hybridized carbons (Fsp3) is 0.394. The number of likely N-dealkylation sites (tertiary alicyclic amines) is 1. The molecule has 2 aliphatic rings. The van der Waals surface area contributed by atoms with Crippen molar-refractivity contribution in [3.05, 3.63) is 94.4 Å². The Bertz CT molecular complexity index is 1660. The third kappa shape index (κ3) is 6.16. The number of carbonyl (C=O) groups excluding carboxylic acids is 4. The van der Waals surface area contributed by atoms with Gasteiger partial charge in [-0.05, 0) is 48.6 Å². The smallest absolute Gasteiger partial charge is 0.302 e. The quantitative estimate of drug-likeness (QED) is 0.354. The lowest BCUT2D eigenvalue weighted by Crippen LogP contribution is -2.56. The maximum absolute atomic E-state index is 14.3. The molecule has 2 aromatic carbocycles. The first-order valence-corrected chi connectivity index (χ1v) is 14.8. The molecule has 2 aliphatic heterocycles. The summed E-state index contributed by atoms with van der Waals surface area (Å²) in [4.78, 5) is 61.3. The Morgan fingerprint density at radius 1 is 1.22 bits per heavy atom. The average molecular weight is 615 g/mol. The highest BCUT2D eigenvalue weighted by molar-refractivity contribution is 6.07. The second-order valence-electron chi connectivity index (χ2n) is 12.1. The van der Waals surface area contributed by atoms with Gasteiger partial charge in [0.05, 0.1) is 6.42 Å². The lowest BCUT2D eigenvalue weighted by Gasteiger charge is -2.34. The average Bonchev–Trinajstić information content (AvgIpc) is 3.71. The van der Waals surface area contributed by atoms with Gasteiger partial charge in [-0.3, -0.25) is 28.9 Å². The number of hydrogen-bond donors (Lipinski definition) is 2. The van der Waals surface area contributed by atoms with Crippen LogP contribution in [0.15, 0.2) is 59.1 Å². The summed E-state index contributed by atoms with van der Waals surface area (Å²) >= 11 is 0. The number of halogens is 1. The Hall–Kier alpha value is -5.05. The zero-order chi connectivity index (χ0) is 32.5. The Kier molecular flexibility index (Phi) is 8.73. The fourth-order valence-electron chi connectivity index (χ4n) is 6.18. The van der Waals surface area contributed by atoms with Gasteiger partial charge in [-0.2, -0.15) is 0 Å². The van der Waals surface area contributed by atoms with Crippen LogP contribution in [0.4, 0.5) is 10.1 Å². The van der Waals surface area contributed by atoms with Gasteiger partial charge in [-0.25, -0.2) is 11.0 Å². The summed E-state index contributed by atoms with van der Waals surface area (Å²) in [6.07, 6.45) is -0.476. The second kappa shape index (κ2) is 12.5. The number of nitrogens with zero attached hydrogens (tertiary/aromatic N) is 4. The zero-order valence-corrected chi connectivity index (χ0v) is 25.5. The Balaban J connectivity index is 1.44. The van der Waals surface area contributed by atoms with Crippen LogP contribution in [0.3, 0.4) is 0 Å². The largest absolute Gasteiger partial charge is 0.361 e. The number of hydrogen-bond acceptors (Lipinski definition) is 6. The summed E-state index contributed by atoms with van der Waals surface area (Å²) < 4.78 is 18.7. The Morgan fingerprint density at radius 2 is 1.93 bits per heavy atom. The van der Waals surface area contributed by atoms with Gasteiger partial charge in [-0.15, -0.1) is 0 Å². The number of likely N-dealkylation sites (N-methyl/N-ethyl adjacent to an activating group) is 1. The van der Waals surface area contributed by atoms with E-state index >= 15 is 0 Å². The molecule has 3 aromatic rings. The predicted octanol–water partition coefficient (Wildman–Crippen LogP) is 3.70. The van der Waals surface area contributed by atoms with Gasteiger partial charge in [0, 0.05) is 31.8 Å². The SMILES string of the molecule is [C-]#[N+][C@@H]1C[C@@]2(CN1C(=O)[C@H](CC(C)C)N(C)C(=O)[C@H](Cc1ccc(F)cc1)NC(=O)c1cc(C)on1)C(=O)Nc1ccccc12. The van der Waals surface area contributed by atoms with Gasteiger partial charge >= 0.3 is 6.17 Å². The molecule has 0 aliphatic carbocycles. The van der Waals surface area contributed by atoms with Gasteiger partial charge in [0.25, 0.3) is 11.8 Å². The van der Waals surface area contributed by atoms with Crippen LogP contribution in [-0.4, -0.2) is 70.4 Å². The van der Waals surface area contributed by atoms with Crippen molar-refractivity contribution in [1.82, 2.24) is 20.3 Å². The first-order chi connectivity index (χ1) is 21.4. The molecule has 45 heavy (non-hydrogen) atoms. The monoisotopic (exact) mass is 614 g/mol. The van der Waals surface area contributed by atoms with Crippen LogP contribution in [0, 0.1) is 25.2 Å². The van der Waals surface area contributed by atoms with Crippen molar-refractivity contribution in [3.8, 4) is 0 Å². The molecule has 234 valence electrons. The van der Waals surface area contributed by atoms with Crippen LogP contribution in [0.5, 0.6) is 0 Å². The maximum atomic E-state index is 14.3. The molecule has 11 nitrogen and oxygen atoms in total. The van der Waals surface area contributed by atoms with Crippen molar-refractivity contribution in [2.45, 2.75) is 63.7 Å². The molecule has 1 aromatic heterocycles. The maximum Gasteiger partial charge on any atom is 0.302 e. The van der Waals surface area contributed by atoms with Crippen molar-refractivity contribution < 1.29 is 28.1 Å². The standard InChI is InChI=1S/C33H35FN6O5/c1-19(2)14-27(31(43)40-18-33(17-28(40)35-4)23-8-6-7-9-24(23)37-32(33)44)39(5)30(42)26(16-21-10-12-22(34)13-11-21)36-29(41)25-15-20(3)45-38-25/h6-13,15,19,26-28H,14,16-18H2,1-3,5H3,(H,36,41)(H,37,44)/t26-,27-,28-,33-/m0/s1. The number of anilines is 1. The molecule has 2 N–H and O–H groups in total. The van der Waals surface area contributed by atoms with E-state index in [1.807, 2.05) is 32.0 Å². The first-order valence-electron chi connectivity index (χ1n) is 14.8. The molecule has 0 unspecified atom stereocenters. The van der Waals surface area contributed by atoms with Crippen LogP contribution in [0.25, 0.3) is 4.85 Å². The van der Waals surface area contributed by atoms with E-state index in [4.69, 9.17) is 11.1 Å². The molecule has 5 rings (SSSR count). The number of amides is 4. The molecular weight excluding hydrogens is 579 g/mol. The highest BCUT2D eigenvalue weighted by Crippen LogP contribution is 2.47. The molecule has 4 amide bonds. The topological polar surface area (TPSA) is 129 Å². The normalized spacial score (nSPS) is 20.0. The Morgan fingerprint density at radius 3 is 2.58 bits per heavy atom. The van der Waals surface area contributed by atoms with E-state index in [9.17, 15) is 23.6 Å². The number of benzene rings is 2. The molecule has 0 radical (unpaired) electrons. The van der Waals surface area contributed by atoms with Crippen molar-refractivity contribution >= 4 is 29.3 Å². The van der Waals surface area contributed by atoms with Crippen molar-refractivity contribution in [2.24, 2.45) is 5.92 Å². The highest BCUT2D eigenvalue weighted by atomic mass is 19.1. The Labute approximate surface area is 260 Å². The number of aromatic nitrogens is 1. The fourth-order valence-corrected chi connectivity index (χ4v) is 6.18. The number of rotatable bonds is 9. The van der Waals surface area contributed by atoms with Crippen LogP contribution in [-0.2, 0) is 26.2 Å². The summed E-state index contributed by atoms with van der Waals surface area (Å²) in [7, 11) is 1.49. The number of para-hydroxylation sites is 1. The van der Waals surface area contributed by atoms with Gasteiger partial charge in [0.15, 0.2) is 5.69 Å². The lowest BCUT2D eigenvalue weighted by atomic mass is 9.80. The van der Waals surface area contributed by atoms with Gasteiger partial charge in [0.2, 0.25) is 11.8 Å². The van der Waals surface area contributed by atoms with E-state index in [0.29, 0.717) is 17.0 Å². The van der Waals surface area contributed by atoms with Gasteiger partial charge in [0.1, 0.15) is 29.1 Å². The number of carbonyl (C=O) groups is 4. The summed E-state index contributed by atoms with van der Waals surface area (Å²) in [5.74, 6) is -1.96. The van der Waals surface area contributed by atoms with Gasteiger partial charge < -0.3 is 20.1 Å². The van der Waals surface area contributed by atoms with Crippen LogP contribution >= 0.6 is 0 Å². The molecule has 1 fully saturated rings. The van der Waals surface area contributed by atoms with E-state index in [1.165, 1.54) is 47.2 Å². The molecule has 1 spiro atoms. The zero-order valence-electron chi connectivity index (χ0n) is 25.5. The minimum Gasteiger partial charge on any atom is -0.361 e. The molecule has 12 heteroatoms. The van der Waals surface area contributed by atoms with E-state index in [1.54, 1.807) is 13.0 Å². The van der Waals surface area contributed by atoms with Crippen molar-refractivity contribution in [3.63, 3.8) is 0 Å². The molecule has 0 saturated carbocycles. The third-order valence-electron chi connectivity index (χ3n) is 8.50. The number of fused-ring (bicyclic) bond motifs is 2. The predicted molar refractivity (Wildman–Crippen MR) is 162 cm³/mol. The number of nitrogens with one attached hydrogen (secondary N) is 2. The lowest BCUT2D eigenvalue weighted by molar-refractivity contribution is -0.146. The first kappa shape index (κ1) is 31.4. The van der Waals surface area contributed by atoms with Crippen molar-refractivity contribution in [1.29, 1.82) is 0 Å². The molecule has 0 bridgehead atoms. The van der Waals surface area contributed by atoms with Crippen LogP contribution in [0.2, 0.25) is 0 Å². The number of aryl methyl sites for hydroxylation is 1. The summed E-state index contributed by atoms with van der Waals surface area (Å²) in [6.45, 7) is 13.4. The van der Waals surface area contributed by atoms with Crippen LogP contribution in [0.1, 0.15) is 54.1 Å². The van der Waals surface area contributed by atoms with E-state index in [-0.39, 0.29) is 43.3 Å². The third-order valence-corrected chi connectivity index (χ3v) is 8.50. The summed E-state index contributed by atoms with van der Waals surface area (Å²) in [5, 5.41) is 9.34. The summed E-state index contributed by atoms with van der Waals surface area (Å²) in [6, 6.07) is 12.1. The highest BCUT2D eigenvalue weighted by Gasteiger charge is 2.59. The minimum atomic E-state index is -1.14. The van der Waals surface area contributed by atoms with Crippen LogP contribution < -0.4 is 10.6 Å². The van der Waals surface area contributed by atoms with E-state index < -0.39 is 47.2 Å². The molecule has 3 heterocycles. The van der Waals surface area contributed by atoms with E-state index in [0.717, 1.165) is 5.56 Å². The molecular formula is C33H35FN6O5. The molecule has 4 atom stereocenters.